The average Bonchev–Trinajstić information content (AvgIpc) is 2.88. The number of benzene rings is 1. The summed E-state index contributed by atoms with van der Waals surface area (Å²) in [5.74, 6) is 0.691. The van der Waals surface area contributed by atoms with Gasteiger partial charge >= 0.3 is 0 Å². The van der Waals surface area contributed by atoms with Gasteiger partial charge in [-0.1, -0.05) is 0 Å². The van der Waals surface area contributed by atoms with E-state index in [4.69, 9.17) is 15.4 Å². The van der Waals surface area contributed by atoms with Crippen molar-refractivity contribution in [2.24, 2.45) is 0 Å². The van der Waals surface area contributed by atoms with Gasteiger partial charge in [0.05, 0.1) is 11.0 Å². The SMILES string of the molecule is O=S(=O)(Cl)c1ccc(OC2CC2)cc1. The Morgan fingerprint density at radius 3 is 2.21 bits per heavy atom. The van der Waals surface area contributed by atoms with Crippen LogP contribution in [-0.4, -0.2) is 14.5 Å². The van der Waals surface area contributed by atoms with Gasteiger partial charge in [-0.15, -0.1) is 0 Å². The van der Waals surface area contributed by atoms with E-state index >= 15 is 0 Å². The van der Waals surface area contributed by atoms with Gasteiger partial charge in [0, 0.05) is 10.7 Å². The molecular weight excluding hydrogens is 224 g/mol. The maximum atomic E-state index is 10.9. The fourth-order valence-corrected chi connectivity index (χ4v) is 1.83. The summed E-state index contributed by atoms with van der Waals surface area (Å²) in [6.07, 6.45) is 2.47. The first kappa shape index (κ1) is 9.80. The van der Waals surface area contributed by atoms with Crippen molar-refractivity contribution in [1.82, 2.24) is 0 Å². The maximum absolute atomic E-state index is 10.9. The van der Waals surface area contributed by atoms with Gasteiger partial charge in [-0.3, -0.25) is 0 Å². The number of hydrogen-bond acceptors (Lipinski definition) is 3. The fraction of sp³-hybridized carbons (Fsp3) is 0.333. The van der Waals surface area contributed by atoms with Crippen LogP contribution in [0, 0.1) is 0 Å². The Hall–Kier alpha value is -0.740. The Morgan fingerprint density at radius 2 is 1.79 bits per heavy atom. The molecule has 0 radical (unpaired) electrons. The van der Waals surface area contributed by atoms with Gasteiger partial charge in [0.15, 0.2) is 0 Å². The van der Waals surface area contributed by atoms with Crippen LogP contribution < -0.4 is 4.74 Å². The molecule has 1 saturated carbocycles. The Labute approximate surface area is 87.1 Å². The second kappa shape index (κ2) is 3.44. The van der Waals surface area contributed by atoms with Crippen molar-refractivity contribution in [3.05, 3.63) is 24.3 Å². The molecule has 0 amide bonds. The highest BCUT2D eigenvalue weighted by molar-refractivity contribution is 8.13. The zero-order valence-corrected chi connectivity index (χ0v) is 8.88. The van der Waals surface area contributed by atoms with E-state index in [9.17, 15) is 8.42 Å². The van der Waals surface area contributed by atoms with Crippen LogP contribution in [-0.2, 0) is 9.05 Å². The van der Waals surface area contributed by atoms with Crippen molar-refractivity contribution in [2.75, 3.05) is 0 Å². The summed E-state index contributed by atoms with van der Waals surface area (Å²) >= 11 is 0. The van der Waals surface area contributed by atoms with Crippen LogP contribution in [0.25, 0.3) is 0 Å². The summed E-state index contributed by atoms with van der Waals surface area (Å²) in [5, 5.41) is 0. The highest BCUT2D eigenvalue weighted by Gasteiger charge is 2.23. The second-order valence-electron chi connectivity index (χ2n) is 3.23. The first-order valence-electron chi connectivity index (χ1n) is 4.27. The van der Waals surface area contributed by atoms with E-state index in [0.29, 0.717) is 11.9 Å². The summed E-state index contributed by atoms with van der Waals surface area (Å²) in [6, 6.07) is 6.13. The van der Waals surface area contributed by atoms with Gasteiger partial charge in [0.1, 0.15) is 5.75 Å². The molecular formula is C9H9ClO3S. The van der Waals surface area contributed by atoms with Crippen LogP contribution in [0.5, 0.6) is 5.75 Å². The second-order valence-corrected chi connectivity index (χ2v) is 5.79. The van der Waals surface area contributed by atoms with Gasteiger partial charge in [-0.25, -0.2) is 8.42 Å². The molecule has 1 fully saturated rings. The van der Waals surface area contributed by atoms with Crippen LogP contribution in [0.1, 0.15) is 12.8 Å². The fourth-order valence-electron chi connectivity index (χ4n) is 1.06. The first-order chi connectivity index (χ1) is 6.55. The molecule has 0 spiro atoms. The van der Waals surface area contributed by atoms with Crippen molar-refractivity contribution in [3.8, 4) is 5.75 Å². The van der Waals surface area contributed by atoms with Crippen molar-refractivity contribution < 1.29 is 13.2 Å². The van der Waals surface area contributed by atoms with E-state index < -0.39 is 9.05 Å². The number of ether oxygens (including phenoxy) is 1. The molecule has 14 heavy (non-hydrogen) atoms. The smallest absolute Gasteiger partial charge is 0.261 e. The van der Waals surface area contributed by atoms with Crippen LogP contribution in [0.2, 0.25) is 0 Å². The third kappa shape index (κ3) is 2.39. The van der Waals surface area contributed by atoms with Crippen molar-refractivity contribution >= 4 is 19.7 Å². The molecule has 0 heterocycles. The van der Waals surface area contributed by atoms with Crippen LogP contribution in [0.3, 0.4) is 0 Å². The van der Waals surface area contributed by atoms with Crippen molar-refractivity contribution in [2.45, 2.75) is 23.8 Å². The van der Waals surface area contributed by atoms with E-state index in [1.54, 1.807) is 12.1 Å². The molecule has 0 aliphatic heterocycles. The number of rotatable bonds is 3. The van der Waals surface area contributed by atoms with E-state index in [0.717, 1.165) is 12.8 Å². The molecule has 1 aromatic carbocycles. The topological polar surface area (TPSA) is 43.4 Å². The zero-order chi connectivity index (χ0) is 10.2. The number of halogens is 1. The van der Waals surface area contributed by atoms with E-state index in [-0.39, 0.29) is 4.90 Å². The Morgan fingerprint density at radius 1 is 1.21 bits per heavy atom. The predicted octanol–water partition coefficient (Wildman–Crippen LogP) is 2.16. The molecule has 1 aliphatic carbocycles. The van der Waals surface area contributed by atoms with Crippen LogP contribution in [0.15, 0.2) is 29.2 Å². The summed E-state index contributed by atoms with van der Waals surface area (Å²) < 4.78 is 27.3. The quantitative estimate of drug-likeness (QED) is 0.750. The zero-order valence-electron chi connectivity index (χ0n) is 7.31. The molecule has 3 nitrogen and oxygen atoms in total. The Bertz CT molecular complexity index is 420. The molecule has 0 aromatic heterocycles. The molecule has 0 saturated heterocycles. The highest BCUT2D eigenvalue weighted by atomic mass is 35.7. The van der Waals surface area contributed by atoms with E-state index in [2.05, 4.69) is 0 Å². The standard InChI is InChI=1S/C9H9ClO3S/c10-14(11,12)9-5-3-8(4-6-9)13-7-1-2-7/h3-7H,1-2H2. The normalized spacial score (nSPS) is 16.6. The lowest BCUT2D eigenvalue weighted by Crippen LogP contribution is -1.96. The summed E-state index contributed by atoms with van der Waals surface area (Å²) in [7, 11) is 1.54. The van der Waals surface area contributed by atoms with E-state index in [1.807, 2.05) is 0 Å². The molecule has 1 aromatic rings. The van der Waals surface area contributed by atoms with Crippen molar-refractivity contribution in [3.63, 3.8) is 0 Å². The largest absolute Gasteiger partial charge is 0.490 e. The van der Waals surface area contributed by atoms with Crippen LogP contribution >= 0.6 is 10.7 Å². The lowest BCUT2D eigenvalue weighted by atomic mass is 10.3. The molecule has 76 valence electrons. The van der Waals surface area contributed by atoms with Gasteiger partial charge in [0.25, 0.3) is 9.05 Å². The molecule has 1 aliphatic rings. The van der Waals surface area contributed by atoms with Crippen LogP contribution in [0.4, 0.5) is 0 Å². The van der Waals surface area contributed by atoms with Crippen molar-refractivity contribution in [1.29, 1.82) is 0 Å². The molecule has 2 rings (SSSR count). The third-order valence-electron chi connectivity index (χ3n) is 1.93. The van der Waals surface area contributed by atoms with Gasteiger partial charge < -0.3 is 4.74 Å². The molecule has 0 atom stereocenters. The number of hydrogen-bond donors (Lipinski definition) is 0. The summed E-state index contributed by atoms with van der Waals surface area (Å²) in [6.45, 7) is 0. The lowest BCUT2D eigenvalue weighted by molar-refractivity contribution is 0.303. The summed E-state index contributed by atoms with van der Waals surface area (Å²) in [5.41, 5.74) is 0. The first-order valence-corrected chi connectivity index (χ1v) is 6.58. The van der Waals surface area contributed by atoms with Gasteiger partial charge in [0.2, 0.25) is 0 Å². The Kier molecular flexibility index (Phi) is 2.41. The highest BCUT2D eigenvalue weighted by Crippen LogP contribution is 2.27. The predicted molar refractivity (Wildman–Crippen MR) is 53.1 cm³/mol. The molecule has 0 N–H and O–H groups in total. The monoisotopic (exact) mass is 232 g/mol. The molecule has 0 unspecified atom stereocenters. The molecule has 5 heteroatoms. The molecule has 0 bridgehead atoms. The summed E-state index contributed by atoms with van der Waals surface area (Å²) in [4.78, 5) is 0.0994. The average molecular weight is 233 g/mol. The minimum atomic E-state index is -3.62. The van der Waals surface area contributed by atoms with Gasteiger partial charge in [-0.05, 0) is 37.1 Å². The minimum absolute atomic E-state index is 0.0994. The third-order valence-corrected chi connectivity index (χ3v) is 3.30. The minimum Gasteiger partial charge on any atom is -0.490 e. The lowest BCUT2D eigenvalue weighted by Gasteiger charge is -2.03. The van der Waals surface area contributed by atoms with Gasteiger partial charge in [-0.2, -0.15) is 0 Å². The Balaban J connectivity index is 2.16. The van der Waals surface area contributed by atoms with E-state index in [1.165, 1.54) is 12.1 Å². The maximum Gasteiger partial charge on any atom is 0.261 e.